The minimum atomic E-state index is -2.21. The molecule has 0 aliphatic carbocycles. The van der Waals surface area contributed by atoms with Gasteiger partial charge in [-0.1, -0.05) is 186 Å². The van der Waals surface area contributed by atoms with Crippen LogP contribution in [0.4, 0.5) is 0 Å². The van der Waals surface area contributed by atoms with Crippen molar-refractivity contribution in [3.8, 4) is 61.8 Å². The monoisotopic (exact) mass is 1110 g/mol. The van der Waals surface area contributed by atoms with Gasteiger partial charge in [0, 0.05) is 47.7 Å². The molecule has 0 saturated heterocycles. The number of hydrogen-bond donors (Lipinski definition) is 0. The first-order valence-electron chi connectivity index (χ1n) is 25.2. The second kappa shape index (κ2) is 20.1. The number of benzene rings is 8. The molecular formula is C63H56IrN4OSi-2. The Morgan fingerprint density at radius 3 is 1.83 bits per heavy atom. The summed E-state index contributed by atoms with van der Waals surface area (Å²) in [7, 11) is -1.46. The van der Waals surface area contributed by atoms with Gasteiger partial charge in [0.15, 0.2) is 0 Å². The van der Waals surface area contributed by atoms with Crippen molar-refractivity contribution >= 4 is 46.2 Å². The van der Waals surface area contributed by atoms with Crippen LogP contribution in [-0.2, 0) is 20.1 Å². The molecule has 5 nitrogen and oxygen atoms in total. The predicted octanol–water partition coefficient (Wildman–Crippen LogP) is 16.4. The van der Waals surface area contributed by atoms with E-state index in [0.29, 0.717) is 17.0 Å². The molecule has 0 bridgehead atoms. The molecule has 3 aromatic heterocycles. The summed E-state index contributed by atoms with van der Waals surface area (Å²) in [5, 5.41) is 3.34. The van der Waals surface area contributed by atoms with Crippen molar-refractivity contribution in [2.45, 2.75) is 66.0 Å². The number of fused-ring (bicyclic) bond motifs is 4. The third-order valence-electron chi connectivity index (χ3n) is 12.9. The second-order valence-electron chi connectivity index (χ2n) is 19.3. The van der Waals surface area contributed by atoms with Crippen LogP contribution in [0.25, 0.3) is 94.8 Å². The van der Waals surface area contributed by atoms with Gasteiger partial charge in [-0.15, -0.1) is 47.5 Å². The van der Waals surface area contributed by atoms with E-state index in [1.54, 1.807) is 6.07 Å². The Morgan fingerprint density at radius 1 is 0.614 bits per heavy atom. The minimum absolute atomic E-state index is 0. The molecule has 3 heterocycles. The smallest absolute Gasteiger partial charge is 0.121 e. The van der Waals surface area contributed by atoms with E-state index in [9.17, 15) is 0 Å². The van der Waals surface area contributed by atoms with Crippen LogP contribution < -0.4 is 5.19 Å². The van der Waals surface area contributed by atoms with Crippen LogP contribution in [0.3, 0.4) is 0 Å². The molecule has 349 valence electrons. The van der Waals surface area contributed by atoms with Crippen LogP contribution in [0.2, 0.25) is 19.6 Å². The van der Waals surface area contributed by atoms with Gasteiger partial charge in [-0.05, 0) is 86.3 Å². The number of imidazole rings is 1. The molecule has 0 fully saturated rings. The van der Waals surface area contributed by atoms with E-state index in [-0.39, 0.29) is 37.5 Å². The maximum absolute atomic E-state index is 7.82. The van der Waals surface area contributed by atoms with Crippen LogP contribution in [0.5, 0.6) is 0 Å². The second-order valence-corrected chi connectivity index (χ2v) is 24.4. The molecule has 1 radical (unpaired) electrons. The van der Waals surface area contributed by atoms with Crippen LogP contribution in [-0.4, -0.2) is 27.6 Å². The molecule has 0 atom stereocenters. The topological polar surface area (TPSA) is 56.7 Å². The molecule has 0 aliphatic heterocycles. The Kier molecular flexibility index (Phi) is 12.7. The third kappa shape index (κ3) is 9.50. The van der Waals surface area contributed by atoms with Crippen molar-refractivity contribution in [3.63, 3.8) is 0 Å². The first-order valence-corrected chi connectivity index (χ1v) is 27.2. The number of hydrogen-bond acceptors (Lipinski definition) is 4. The van der Waals surface area contributed by atoms with Crippen LogP contribution in [0, 0.1) is 19.0 Å². The summed E-state index contributed by atoms with van der Waals surface area (Å²) < 4.78 is 32.6. The number of para-hydroxylation sites is 2. The molecule has 0 saturated carbocycles. The van der Waals surface area contributed by atoms with Crippen molar-refractivity contribution in [2.75, 3.05) is 0 Å². The van der Waals surface area contributed by atoms with Gasteiger partial charge in [-0.25, -0.2) is 0 Å². The summed E-state index contributed by atoms with van der Waals surface area (Å²) in [5.74, 6) is 1.96. The van der Waals surface area contributed by atoms with Crippen LogP contribution in [0.15, 0.2) is 187 Å². The molecule has 70 heavy (non-hydrogen) atoms. The van der Waals surface area contributed by atoms with E-state index in [4.69, 9.17) is 13.5 Å². The summed E-state index contributed by atoms with van der Waals surface area (Å²) in [5.41, 5.74) is 15.6. The fraction of sp³-hybridized carbons (Fsp3) is 0.159. The fourth-order valence-electron chi connectivity index (χ4n) is 9.09. The molecule has 0 spiro atoms. The zero-order valence-corrected chi connectivity index (χ0v) is 43.9. The van der Waals surface area contributed by atoms with Gasteiger partial charge < -0.3 is 8.98 Å². The average molecular weight is 1110 g/mol. The van der Waals surface area contributed by atoms with E-state index in [0.717, 1.165) is 55.5 Å². The van der Waals surface area contributed by atoms with E-state index in [1.165, 1.54) is 38.7 Å². The van der Waals surface area contributed by atoms with Crippen LogP contribution in [0.1, 0.15) is 60.3 Å². The molecule has 11 rings (SSSR count). The van der Waals surface area contributed by atoms with Gasteiger partial charge in [0.2, 0.25) is 0 Å². The predicted molar refractivity (Wildman–Crippen MR) is 291 cm³/mol. The summed E-state index contributed by atoms with van der Waals surface area (Å²) in [6, 6.07) is 64.4. The van der Waals surface area contributed by atoms with E-state index in [1.807, 2.05) is 60.9 Å². The third-order valence-corrected chi connectivity index (χ3v) is 14.9. The SMILES string of the molecule is CC(C)c1cc(-c2ccccc2)cc(C(C)C)c1-n1c(-c2[c-]ccc3c2oc2cc(-c4ccccc4)ccc23)nc2ccccc21.[2H]C([2H])([2H])c1c[c-]c(-c2ncc([Si](C)(C)C)cn2)cc1-c1ccccc1.[Ir]. The maximum atomic E-state index is 7.82. The Hall–Kier alpha value is -7.02. The fourth-order valence-corrected chi connectivity index (χ4v) is 9.99. The summed E-state index contributed by atoms with van der Waals surface area (Å²) in [4.78, 5) is 14.3. The van der Waals surface area contributed by atoms with Gasteiger partial charge >= 0.3 is 0 Å². The van der Waals surface area contributed by atoms with Crippen molar-refractivity contribution in [2.24, 2.45) is 0 Å². The molecule has 0 unspecified atom stereocenters. The Labute approximate surface area is 430 Å². The minimum Gasteiger partial charge on any atom is -0.501 e. The van der Waals surface area contributed by atoms with Gasteiger partial charge in [-0.3, -0.25) is 15.0 Å². The Bertz CT molecular complexity index is 3690. The molecular weight excluding hydrogens is 1050 g/mol. The maximum Gasteiger partial charge on any atom is 0.121 e. The Balaban J connectivity index is 0.000000207. The number of nitrogens with zero attached hydrogens (tertiary/aromatic N) is 4. The summed E-state index contributed by atoms with van der Waals surface area (Å²) in [6.07, 6.45) is 3.75. The van der Waals surface area contributed by atoms with Crippen molar-refractivity contribution in [1.29, 1.82) is 0 Å². The van der Waals surface area contributed by atoms with Crippen molar-refractivity contribution in [3.05, 3.63) is 211 Å². The quantitative estimate of drug-likeness (QED) is 0.107. The number of rotatable bonds is 9. The molecule has 8 aromatic carbocycles. The first-order chi connectivity index (χ1) is 34.6. The molecule has 0 amide bonds. The standard InChI is InChI=1S/C43H35N2O.C20H21N2Si.Ir/c1-27(2)36-24-32(30-16-9-6-10-17-30)25-37(28(3)4)41(36)45-39-21-12-11-20-38(39)44-43(45)35-19-13-18-34-33-23-22-31(26-40(33)46-42(34)35)29-14-7-5-8-15-29;1-15-10-11-17(12-19(15)16-8-6-5-7-9-16)20-21-13-18(14-22-20)23(2,3)4;/h5-18,20-28H,1-4H3;5-10,12-14H,1-4H3;/q2*-1;/i;1D3;. The molecule has 11 aromatic rings. The largest absolute Gasteiger partial charge is 0.501 e. The number of aromatic nitrogens is 4. The van der Waals surface area contributed by atoms with E-state index < -0.39 is 14.9 Å². The van der Waals surface area contributed by atoms with Crippen molar-refractivity contribution < 1.29 is 28.6 Å². The number of furan rings is 1. The van der Waals surface area contributed by atoms with E-state index >= 15 is 0 Å². The first kappa shape index (κ1) is 44.2. The summed E-state index contributed by atoms with van der Waals surface area (Å²) >= 11 is 0. The van der Waals surface area contributed by atoms with Crippen molar-refractivity contribution in [1.82, 2.24) is 19.5 Å². The van der Waals surface area contributed by atoms with Gasteiger partial charge in [0.1, 0.15) is 5.58 Å². The molecule has 0 aliphatic rings. The molecule has 7 heteroatoms. The van der Waals surface area contributed by atoms with Gasteiger partial charge in [0.25, 0.3) is 0 Å². The van der Waals surface area contributed by atoms with Crippen LogP contribution >= 0.6 is 0 Å². The number of aryl methyl sites for hydroxylation is 1. The average Bonchev–Trinajstić information content (AvgIpc) is 3.97. The Morgan fingerprint density at radius 2 is 1.21 bits per heavy atom. The molecule has 0 N–H and O–H groups in total. The summed E-state index contributed by atoms with van der Waals surface area (Å²) in [6.45, 7) is 13.7. The zero-order valence-electron chi connectivity index (χ0n) is 43.5. The zero-order chi connectivity index (χ0) is 50.3. The normalized spacial score (nSPS) is 12.4. The van der Waals surface area contributed by atoms with Gasteiger partial charge in [-0.2, -0.15) is 0 Å². The van der Waals surface area contributed by atoms with Gasteiger partial charge in [0.05, 0.1) is 36.3 Å². The van der Waals surface area contributed by atoms with E-state index in [2.05, 4.69) is 189 Å².